The number of anilines is 1. The van der Waals surface area contributed by atoms with Crippen LogP contribution in [-0.2, 0) is 4.79 Å². The van der Waals surface area contributed by atoms with Crippen molar-refractivity contribution < 1.29 is 9.18 Å². The predicted molar refractivity (Wildman–Crippen MR) is 89.1 cm³/mol. The zero-order valence-corrected chi connectivity index (χ0v) is 13.5. The predicted octanol–water partition coefficient (Wildman–Crippen LogP) is 0.770. The third-order valence-electron chi connectivity index (χ3n) is 4.68. The maximum Gasteiger partial charge on any atom is 0.223 e. The van der Waals surface area contributed by atoms with Crippen molar-refractivity contribution in [2.24, 2.45) is 0 Å². The van der Waals surface area contributed by atoms with Gasteiger partial charge in [0.15, 0.2) is 0 Å². The lowest BCUT2D eigenvalue weighted by Gasteiger charge is -2.36. The van der Waals surface area contributed by atoms with Crippen LogP contribution in [0.15, 0.2) is 24.3 Å². The van der Waals surface area contributed by atoms with Crippen LogP contribution in [0.1, 0.15) is 6.42 Å². The Labute approximate surface area is 137 Å². The minimum Gasteiger partial charge on any atom is -0.367 e. The number of nitrogens with zero attached hydrogens (tertiary/aromatic N) is 3. The van der Waals surface area contributed by atoms with E-state index in [0.717, 1.165) is 58.9 Å². The summed E-state index contributed by atoms with van der Waals surface area (Å²) in [7, 11) is 0. The van der Waals surface area contributed by atoms with Crippen molar-refractivity contribution >= 4 is 11.6 Å². The molecule has 1 N–H and O–H groups in total. The van der Waals surface area contributed by atoms with Crippen LogP contribution < -0.4 is 10.2 Å². The van der Waals surface area contributed by atoms with Crippen molar-refractivity contribution in [2.75, 3.05) is 63.8 Å². The number of hydrogen-bond donors (Lipinski definition) is 1. The van der Waals surface area contributed by atoms with Gasteiger partial charge in [0.25, 0.3) is 0 Å². The molecule has 5 nitrogen and oxygen atoms in total. The van der Waals surface area contributed by atoms with Gasteiger partial charge in [-0.1, -0.05) is 12.1 Å². The number of rotatable bonds is 4. The van der Waals surface area contributed by atoms with Gasteiger partial charge >= 0.3 is 0 Å². The van der Waals surface area contributed by atoms with Crippen molar-refractivity contribution in [2.45, 2.75) is 6.42 Å². The molecule has 0 aliphatic carbocycles. The highest BCUT2D eigenvalue weighted by Crippen LogP contribution is 2.20. The lowest BCUT2D eigenvalue weighted by molar-refractivity contribution is -0.132. The Morgan fingerprint density at radius 2 is 1.74 bits per heavy atom. The van der Waals surface area contributed by atoms with Gasteiger partial charge in [0, 0.05) is 65.3 Å². The molecule has 23 heavy (non-hydrogen) atoms. The molecule has 2 heterocycles. The summed E-state index contributed by atoms with van der Waals surface area (Å²) in [6.07, 6.45) is 0.583. The zero-order valence-electron chi connectivity index (χ0n) is 13.5. The average molecular weight is 320 g/mol. The van der Waals surface area contributed by atoms with Gasteiger partial charge in [-0.05, 0) is 12.1 Å². The van der Waals surface area contributed by atoms with E-state index in [9.17, 15) is 9.18 Å². The first-order valence-electron chi connectivity index (χ1n) is 8.44. The van der Waals surface area contributed by atoms with Crippen LogP contribution in [0.2, 0.25) is 0 Å². The average Bonchev–Trinajstić information content (AvgIpc) is 2.61. The third-order valence-corrected chi connectivity index (χ3v) is 4.68. The first kappa shape index (κ1) is 16.2. The molecular formula is C17H25FN4O. The Balaban J connectivity index is 1.42. The van der Waals surface area contributed by atoms with Crippen molar-refractivity contribution in [1.29, 1.82) is 0 Å². The molecule has 0 saturated carbocycles. The second kappa shape index (κ2) is 7.75. The Morgan fingerprint density at radius 1 is 1.04 bits per heavy atom. The van der Waals surface area contributed by atoms with Gasteiger partial charge < -0.3 is 15.1 Å². The lowest BCUT2D eigenvalue weighted by Crippen LogP contribution is -2.49. The monoisotopic (exact) mass is 320 g/mol. The molecule has 2 fully saturated rings. The Hall–Kier alpha value is -1.66. The van der Waals surface area contributed by atoms with Crippen LogP contribution in [0.4, 0.5) is 10.1 Å². The summed E-state index contributed by atoms with van der Waals surface area (Å²) in [6, 6.07) is 6.93. The number of halogens is 1. The smallest absolute Gasteiger partial charge is 0.223 e. The van der Waals surface area contributed by atoms with Gasteiger partial charge in [-0.3, -0.25) is 9.69 Å². The van der Waals surface area contributed by atoms with E-state index < -0.39 is 0 Å². The summed E-state index contributed by atoms with van der Waals surface area (Å²) in [5.41, 5.74) is 0.684. The van der Waals surface area contributed by atoms with Crippen LogP contribution in [0, 0.1) is 5.82 Å². The molecule has 0 radical (unpaired) electrons. The van der Waals surface area contributed by atoms with Crippen molar-refractivity contribution in [3.05, 3.63) is 30.1 Å². The number of amides is 1. The largest absolute Gasteiger partial charge is 0.367 e. The molecule has 0 atom stereocenters. The molecule has 0 spiro atoms. The summed E-state index contributed by atoms with van der Waals surface area (Å²) in [5, 5.41) is 3.26. The number of carbonyl (C=O) groups excluding carboxylic acids is 1. The van der Waals surface area contributed by atoms with Gasteiger partial charge in [-0.15, -0.1) is 0 Å². The minimum absolute atomic E-state index is 0.158. The topological polar surface area (TPSA) is 38.8 Å². The highest BCUT2D eigenvalue weighted by molar-refractivity contribution is 5.76. The van der Waals surface area contributed by atoms with Gasteiger partial charge in [0.2, 0.25) is 5.91 Å². The second-order valence-electron chi connectivity index (χ2n) is 6.16. The fourth-order valence-corrected chi connectivity index (χ4v) is 3.25. The molecule has 2 aliphatic heterocycles. The van der Waals surface area contributed by atoms with Gasteiger partial charge in [0.1, 0.15) is 5.82 Å². The fourth-order valence-electron chi connectivity index (χ4n) is 3.25. The molecule has 0 unspecified atom stereocenters. The summed E-state index contributed by atoms with van der Waals surface area (Å²) < 4.78 is 13.8. The molecule has 6 heteroatoms. The fraction of sp³-hybridized carbons (Fsp3) is 0.588. The molecule has 1 amide bonds. The Bertz CT molecular complexity index is 525. The molecular weight excluding hydrogens is 295 g/mol. The quantitative estimate of drug-likeness (QED) is 0.889. The Morgan fingerprint density at radius 3 is 2.43 bits per heavy atom. The van der Waals surface area contributed by atoms with Crippen molar-refractivity contribution in [3.63, 3.8) is 0 Å². The first-order valence-corrected chi connectivity index (χ1v) is 8.44. The molecule has 0 aromatic heterocycles. The van der Waals surface area contributed by atoms with Crippen LogP contribution in [0.3, 0.4) is 0 Å². The van der Waals surface area contributed by atoms with E-state index in [4.69, 9.17) is 0 Å². The summed E-state index contributed by atoms with van der Waals surface area (Å²) in [4.78, 5) is 18.5. The summed E-state index contributed by atoms with van der Waals surface area (Å²) in [5.74, 6) is 0.0952. The molecule has 2 aliphatic rings. The van der Waals surface area contributed by atoms with E-state index in [1.807, 2.05) is 17.0 Å². The van der Waals surface area contributed by atoms with Crippen LogP contribution in [0.5, 0.6) is 0 Å². The number of carbonyl (C=O) groups is 1. The zero-order chi connectivity index (χ0) is 16.1. The molecule has 2 saturated heterocycles. The number of piperazine rings is 2. The summed E-state index contributed by atoms with van der Waals surface area (Å²) >= 11 is 0. The third kappa shape index (κ3) is 4.20. The molecule has 0 bridgehead atoms. The van der Waals surface area contributed by atoms with Crippen LogP contribution in [-0.4, -0.2) is 74.6 Å². The second-order valence-corrected chi connectivity index (χ2v) is 6.16. The normalized spacial score (nSPS) is 19.9. The van der Waals surface area contributed by atoms with E-state index in [1.54, 1.807) is 6.07 Å². The van der Waals surface area contributed by atoms with E-state index in [0.29, 0.717) is 12.1 Å². The highest BCUT2D eigenvalue weighted by atomic mass is 19.1. The number of hydrogen-bond acceptors (Lipinski definition) is 4. The molecule has 1 aromatic carbocycles. The van der Waals surface area contributed by atoms with Crippen LogP contribution >= 0.6 is 0 Å². The van der Waals surface area contributed by atoms with E-state index >= 15 is 0 Å². The highest BCUT2D eigenvalue weighted by Gasteiger charge is 2.21. The molecule has 1 aromatic rings. The Kier molecular flexibility index (Phi) is 5.46. The summed E-state index contributed by atoms with van der Waals surface area (Å²) in [6.45, 7) is 7.60. The molecule has 3 rings (SSSR count). The van der Waals surface area contributed by atoms with E-state index in [-0.39, 0.29) is 11.7 Å². The van der Waals surface area contributed by atoms with Gasteiger partial charge in [-0.25, -0.2) is 4.39 Å². The van der Waals surface area contributed by atoms with Gasteiger partial charge in [-0.2, -0.15) is 0 Å². The van der Waals surface area contributed by atoms with Gasteiger partial charge in [0.05, 0.1) is 5.69 Å². The van der Waals surface area contributed by atoms with E-state index in [1.165, 1.54) is 6.07 Å². The van der Waals surface area contributed by atoms with Crippen molar-refractivity contribution in [3.8, 4) is 0 Å². The molecule has 126 valence electrons. The standard InChI is InChI=1S/C17H25FN4O/c18-15-3-1-2-4-16(15)21-13-11-20(12-14-21)8-5-17(23)22-9-6-19-7-10-22/h1-4,19H,5-14H2. The number of nitrogens with one attached hydrogen (secondary N) is 1. The minimum atomic E-state index is -0.158. The SMILES string of the molecule is O=C(CCN1CCN(c2ccccc2F)CC1)N1CCNCC1. The maximum atomic E-state index is 13.8. The first-order chi connectivity index (χ1) is 11.2. The number of para-hydroxylation sites is 1. The lowest BCUT2D eigenvalue weighted by atomic mass is 10.2. The maximum absolute atomic E-state index is 13.8. The van der Waals surface area contributed by atoms with Crippen molar-refractivity contribution in [1.82, 2.24) is 15.1 Å². The van der Waals surface area contributed by atoms with Crippen LogP contribution in [0.25, 0.3) is 0 Å². The van der Waals surface area contributed by atoms with E-state index in [2.05, 4.69) is 15.1 Å². The number of benzene rings is 1.